The van der Waals surface area contributed by atoms with E-state index in [1.807, 2.05) is 6.08 Å². The topological polar surface area (TPSA) is 134 Å². The molecule has 0 radical (unpaired) electrons. The number of carbonyl (C=O) groups is 2. The second-order valence-corrected chi connectivity index (χ2v) is 13.9. The van der Waals surface area contributed by atoms with Crippen molar-refractivity contribution in [2.24, 2.45) is 5.73 Å². The Labute approximate surface area is 304 Å². The first-order valence-electron chi connectivity index (χ1n) is 19.3. The lowest BCUT2D eigenvalue weighted by Crippen LogP contribution is -2.29. The van der Waals surface area contributed by atoms with Crippen LogP contribution in [0.5, 0.6) is 0 Å². The zero-order valence-electron chi connectivity index (χ0n) is 31.4. The molecule has 3 N–H and O–H groups in total. The van der Waals surface area contributed by atoms with Gasteiger partial charge >= 0.3 is 19.8 Å². The highest BCUT2D eigenvalue weighted by Crippen LogP contribution is 2.43. The largest absolute Gasteiger partial charge is 0.472 e. The van der Waals surface area contributed by atoms with Crippen LogP contribution >= 0.6 is 7.82 Å². The smallest absolute Gasteiger partial charge is 0.462 e. The van der Waals surface area contributed by atoms with Crippen LogP contribution in [0.2, 0.25) is 0 Å². The maximum Gasteiger partial charge on any atom is 0.472 e. The zero-order valence-corrected chi connectivity index (χ0v) is 32.3. The highest BCUT2D eigenvalue weighted by Gasteiger charge is 2.25. The van der Waals surface area contributed by atoms with Crippen LogP contribution in [0, 0.1) is 0 Å². The Morgan fingerprint density at radius 2 is 1.10 bits per heavy atom. The van der Waals surface area contributed by atoms with Gasteiger partial charge in [-0.3, -0.25) is 18.6 Å². The van der Waals surface area contributed by atoms with Gasteiger partial charge in [-0.25, -0.2) is 4.57 Å². The van der Waals surface area contributed by atoms with Crippen LogP contribution in [-0.4, -0.2) is 49.3 Å². The third-order valence-electron chi connectivity index (χ3n) is 7.67. The van der Waals surface area contributed by atoms with Gasteiger partial charge in [-0.2, -0.15) is 0 Å². The first-order valence-corrected chi connectivity index (χ1v) is 20.8. The fourth-order valence-electron chi connectivity index (χ4n) is 4.84. The minimum Gasteiger partial charge on any atom is -0.462 e. The summed E-state index contributed by atoms with van der Waals surface area (Å²) in [6.07, 6.45) is 41.1. The van der Waals surface area contributed by atoms with Crippen molar-refractivity contribution in [1.82, 2.24) is 0 Å². The lowest BCUT2D eigenvalue weighted by Gasteiger charge is -2.19. The number of esters is 2. The maximum atomic E-state index is 12.5. The number of hydrogen-bond donors (Lipinski definition) is 2. The molecule has 1 unspecified atom stereocenters. The van der Waals surface area contributed by atoms with Crippen molar-refractivity contribution in [3.8, 4) is 0 Å². The number of carbonyl (C=O) groups excluding carboxylic acids is 2. The molecule has 0 aromatic carbocycles. The van der Waals surface area contributed by atoms with Gasteiger partial charge in [0.2, 0.25) is 0 Å². The minimum absolute atomic E-state index is 0.0426. The van der Waals surface area contributed by atoms with Crippen molar-refractivity contribution >= 4 is 19.8 Å². The number of hydrogen-bond acceptors (Lipinski definition) is 8. The highest BCUT2D eigenvalue weighted by molar-refractivity contribution is 7.47. The monoisotopic (exact) mass is 723 g/mol. The van der Waals surface area contributed by atoms with Crippen LogP contribution in [0.25, 0.3) is 0 Å². The van der Waals surface area contributed by atoms with Crippen LogP contribution in [-0.2, 0) is 32.7 Å². The van der Waals surface area contributed by atoms with Crippen LogP contribution in [0.15, 0.2) is 60.8 Å². The van der Waals surface area contributed by atoms with E-state index in [9.17, 15) is 19.0 Å². The van der Waals surface area contributed by atoms with Gasteiger partial charge in [-0.1, -0.05) is 145 Å². The van der Waals surface area contributed by atoms with Crippen molar-refractivity contribution in [1.29, 1.82) is 0 Å². The molecule has 0 fully saturated rings. The average Bonchev–Trinajstić information content (AvgIpc) is 3.10. The number of rotatable bonds is 35. The summed E-state index contributed by atoms with van der Waals surface area (Å²) in [7, 11) is -4.39. The number of phosphoric ester groups is 1. The highest BCUT2D eigenvalue weighted by atomic mass is 31.2. The summed E-state index contributed by atoms with van der Waals surface area (Å²) in [4.78, 5) is 34.7. The Balaban J connectivity index is 4.34. The van der Waals surface area contributed by atoms with Gasteiger partial charge in [0.25, 0.3) is 0 Å². The van der Waals surface area contributed by atoms with Crippen LogP contribution in [0.1, 0.15) is 149 Å². The maximum absolute atomic E-state index is 12.5. The van der Waals surface area contributed by atoms with Gasteiger partial charge in [-0.05, 0) is 51.4 Å². The summed E-state index contributed by atoms with van der Waals surface area (Å²) in [6, 6.07) is 0. The fraction of sp³-hybridized carbons (Fsp3) is 0.700. The zero-order chi connectivity index (χ0) is 36.8. The third-order valence-corrected chi connectivity index (χ3v) is 8.65. The lowest BCUT2D eigenvalue weighted by atomic mass is 10.0. The SMILES string of the molecule is CC/C=C\C/C=C\C/C=C\C/C=C\C/C=C\CCCC(=O)O[C@H](COC(=O)CCCCCCCCCCCCCC)COP(=O)(O)OCCN. The Kier molecular flexibility index (Phi) is 34.8. The molecule has 0 amide bonds. The lowest BCUT2D eigenvalue weighted by molar-refractivity contribution is -0.161. The summed E-state index contributed by atoms with van der Waals surface area (Å²) in [5, 5.41) is 0. The van der Waals surface area contributed by atoms with E-state index in [1.54, 1.807) is 0 Å². The molecule has 0 aliphatic heterocycles. The van der Waals surface area contributed by atoms with E-state index in [1.165, 1.54) is 57.8 Å². The second kappa shape index (κ2) is 36.5. The van der Waals surface area contributed by atoms with Crippen molar-refractivity contribution in [3.05, 3.63) is 60.8 Å². The van der Waals surface area contributed by atoms with E-state index in [0.29, 0.717) is 12.8 Å². The average molecular weight is 724 g/mol. The van der Waals surface area contributed by atoms with Gasteiger partial charge in [-0.15, -0.1) is 0 Å². The summed E-state index contributed by atoms with van der Waals surface area (Å²) in [5.41, 5.74) is 5.33. The van der Waals surface area contributed by atoms with Crippen molar-refractivity contribution in [3.63, 3.8) is 0 Å². The summed E-state index contributed by atoms with van der Waals surface area (Å²) in [6.45, 7) is 3.52. The molecule has 2 atom stereocenters. The van der Waals surface area contributed by atoms with Crippen molar-refractivity contribution < 1.29 is 37.6 Å². The second-order valence-electron chi connectivity index (χ2n) is 12.4. The van der Waals surface area contributed by atoms with Crippen LogP contribution < -0.4 is 5.73 Å². The van der Waals surface area contributed by atoms with Gasteiger partial charge in [0, 0.05) is 19.4 Å². The Morgan fingerprint density at radius 1 is 0.620 bits per heavy atom. The van der Waals surface area contributed by atoms with Crippen molar-refractivity contribution in [2.45, 2.75) is 155 Å². The molecule has 0 aromatic heterocycles. The Bertz CT molecular complexity index is 1010. The van der Waals surface area contributed by atoms with Crippen molar-refractivity contribution in [2.75, 3.05) is 26.4 Å². The summed E-state index contributed by atoms with van der Waals surface area (Å²) >= 11 is 0. The van der Waals surface area contributed by atoms with Crippen LogP contribution in [0.3, 0.4) is 0 Å². The first-order chi connectivity index (χ1) is 24.3. The summed E-state index contributed by atoms with van der Waals surface area (Å²) < 4.78 is 32.6. The van der Waals surface area contributed by atoms with Gasteiger partial charge in [0.15, 0.2) is 6.10 Å². The molecule has 0 bridgehead atoms. The number of ether oxygens (including phenoxy) is 2. The molecule has 288 valence electrons. The van der Waals surface area contributed by atoms with Crippen LogP contribution in [0.4, 0.5) is 0 Å². The molecule has 0 aliphatic carbocycles. The molecule has 0 rings (SSSR count). The van der Waals surface area contributed by atoms with E-state index in [4.69, 9.17) is 24.3 Å². The van der Waals surface area contributed by atoms with E-state index in [0.717, 1.165) is 51.4 Å². The Morgan fingerprint density at radius 3 is 1.62 bits per heavy atom. The summed E-state index contributed by atoms with van der Waals surface area (Å²) in [5.74, 6) is -0.901. The van der Waals surface area contributed by atoms with E-state index < -0.39 is 32.5 Å². The molecular formula is C40H70NO8P. The molecular weight excluding hydrogens is 653 g/mol. The molecule has 0 aliphatic rings. The molecule has 10 heteroatoms. The normalized spacial score (nSPS) is 14.1. The molecule has 0 heterocycles. The standard InChI is InChI=1S/C40H70NO8P/c1-3-5-7-9-11-13-15-17-18-19-20-21-23-25-27-29-31-33-40(43)49-38(37-48-50(44,45)47-35-34-41)36-46-39(42)32-30-28-26-24-22-16-14-12-10-8-6-4-2/h5,7,11,13,17-18,20-21,25,27,38H,3-4,6,8-10,12,14-16,19,22-24,26,28-37,41H2,1-2H3,(H,44,45)/b7-5-,13-11-,18-17-,21-20-,27-25-/t38-/m1/s1. The Hall–Kier alpha value is -2.29. The molecule has 50 heavy (non-hydrogen) atoms. The minimum atomic E-state index is -4.39. The quantitative estimate of drug-likeness (QED) is 0.0283. The predicted molar refractivity (Wildman–Crippen MR) is 206 cm³/mol. The van der Waals surface area contributed by atoms with Gasteiger partial charge in [0.1, 0.15) is 6.61 Å². The van der Waals surface area contributed by atoms with E-state index >= 15 is 0 Å². The molecule has 0 spiro atoms. The third kappa shape index (κ3) is 35.5. The number of phosphoric acid groups is 1. The molecule has 0 saturated heterocycles. The van der Waals surface area contributed by atoms with E-state index in [2.05, 4.69) is 68.5 Å². The predicted octanol–water partition coefficient (Wildman–Crippen LogP) is 10.5. The number of unbranched alkanes of at least 4 members (excludes halogenated alkanes) is 12. The number of allylic oxidation sites excluding steroid dienone is 10. The van der Waals surface area contributed by atoms with Gasteiger partial charge in [0.05, 0.1) is 13.2 Å². The number of nitrogens with two attached hydrogens (primary N) is 1. The molecule has 9 nitrogen and oxygen atoms in total. The van der Waals surface area contributed by atoms with E-state index in [-0.39, 0.29) is 32.6 Å². The first kappa shape index (κ1) is 47.7. The fourth-order valence-corrected chi connectivity index (χ4v) is 5.61. The van der Waals surface area contributed by atoms with Gasteiger partial charge < -0.3 is 20.1 Å². The molecule has 0 aromatic rings. The molecule has 0 saturated carbocycles.